The highest BCUT2D eigenvalue weighted by atomic mass is 35.5. The maximum Gasteiger partial charge on any atom is 0.281 e. The molecular weight excluding hydrogens is 330 g/mol. The van der Waals surface area contributed by atoms with Gasteiger partial charge in [0, 0.05) is 24.8 Å². The van der Waals surface area contributed by atoms with E-state index in [2.05, 4.69) is 10.3 Å². The Kier molecular flexibility index (Phi) is 4.15. The van der Waals surface area contributed by atoms with E-state index in [9.17, 15) is 9.59 Å². The SMILES string of the molecule is CN1C(=O)[C@@](C)(C(=O)NCc2ccccc2Cl)Oc2cccnc21. The first kappa shape index (κ1) is 16.3. The van der Waals surface area contributed by atoms with E-state index < -0.39 is 17.4 Å². The van der Waals surface area contributed by atoms with Gasteiger partial charge in [-0.2, -0.15) is 0 Å². The van der Waals surface area contributed by atoms with E-state index in [1.165, 1.54) is 11.8 Å². The Morgan fingerprint density at radius 1 is 1.33 bits per heavy atom. The average molecular weight is 346 g/mol. The summed E-state index contributed by atoms with van der Waals surface area (Å²) in [5.74, 6) is -0.243. The lowest BCUT2D eigenvalue weighted by Crippen LogP contribution is -2.61. The zero-order valence-electron chi connectivity index (χ0n) is 13.2. The Hall–Kier alpha value is -2.60. The lowest BCUT2D eigenvalue weighted by Gasteiger charge is -2.36. The van der Waals surface area contributed by atoms with E-state index >= 15 is 0 Å². The highest BCUT2D eigenvalue weighted by Crippen LogP contribution is 2.35. The molecule has 1 aliphatic heterocycles. The molecule has 1 aromatic heterocycles. The first-order valence-corrected chi connectivity index (χ1v) is 7.75. The monoisotopic (exact) mass is 345 g/mol. The van der Waals surface area contributed by atoms with E-state index in [4.69, 9.17) is 16.3 Å². The predicted octanol–water partition coefficient (Wildman–Crippen LogP) is 2.17. The second-order valence-electron chi connectivity index (χ2n) is 5.60. The molecule has 2 amide bonds. The zero-order chi connectivity index (χ0) is 17.3. The molecule has 1 atom stereocenters. The van der Waals surface area contributed by atoms with Gasteiger partial charge in [0.1, 0.15) is 0 Å². The topological polar surface area (TPSA) is 71.5 Å². The average Bonchev–Trinajstić information content (AvgIpc) is 2.59. The van der Waals surface area contributed by atoms with Crippen LogP contribution in [0, 0.1) is 0 Å². The summed E-state index contributed by atoms with van der Waals surface area (Å²) < 4.78 is 5.68. The van der Waals surface area contributed by atoms with Crippen molar-refractivity contribution in [1.29, 1.82) is 0 Å². The minimum atomic E-state index is -1.66. The van der Waals surface area contributed by atoms with Gasteiger partial charge in [0.05, 0.1) is 0 Å². The van der Waals surface area contributed by atoms with Gasteiger partial charge in [-0.15, -0.1) is 0 Å². The number of benzene rings is 1. The molecule has 3 rings (SSSR count). The Balaban J connectivity index is 1.81. The molecule has 24 heavy (non-hydrogen) atoms. The Morgan fingerprint density at radius 3 is 2.83 bits per heavy atom. The van der Waals surface area contributed by atoms with Crippen LogP contribution in [0.25, 0.3) is 0 Å². The fraction of sp³-hybridized carbons (Fsp3) is 0.235. The number of ether oxygens (including phenoxy) is 1. The summed E-state index contributed by atoms with van der Waals surface area (Å²) in [7, 11) is 1.57. The van der Waals surface area contributed by atoms with Crippen LogP contribution in [-0.2, 0) is 16.1 Å². The van der Waals surface area contributed by atoms with Crippen molar-refractivity contribution in [2.75, 3.05) is 11.9 Å². The van der Waals surface area contributed by atoms with Crippen LogP contribution < -0.4 is 15.0 Å². The number of amides is 2. The van der Waals surface area contributed by atoms with Crippen LogP contribution in [0.1, 0.15) is 12.5 Å². The van der Waals surface area contributed by atoms with Gasteiger partial charge in [-0.05, 0) is 30.7 Å². The molecule has 124 valence electrons. The third-order valence-corrected chi connectivity index (χ3v) is 4.29. The summed E-state index contributed by atoms with van der Waals surface area (Å²) in [6.45, 7) is 1.65. The Bertz CT molecular complexity index is 811. The number of nitrogens with one attached hydrogen (secondary N) is 1. The number of fused-ring (bicyclic) bond motifs is 1. The smallest absolute Gasteiger partial charge is 0.281 e. The maximum absolute atomic E-state index is 12.6. The molecule has 2 heterocycles. The van der Waals surface area contributed by atoms with Crippen LogP contribution in [0.2, 0.25) is 5.02 Å². The van der Waals surface area contributed by atoms with Crippen LogP contribution in [0.4, 0.5) is 5.82 Å². The summed E-state index contributed by atoms with van der Waals surface area (Å²) in [5.41, 5.74) is -0.902. The normalized spacial score (nSPS) is 19.5. The van der Waals surface area contributed by atoms with Crippen LogP contribution in [0.3, 0.4) is 0 Å². The number of nitrogens with zero attached hydrogens (tertiary/aromatic N) is 2. The van der Waals surface area contributed by atoms with Crippen molar-refractivity contribution < 1.29 is 14.3 Å². The molecule has 0 saturated heterocycles. The third kappa shape index (κ3) is 2.69. The molecule has 1 aliphatic rings. The molecule has 1 aromatic carbocycles. The number of rotatable bonds is 3. The quantitative estimate of drug-likeness (QED) is 0.865. The summed E-state index contributed by atoms with van der Waals surface area (Å²) in [4.78, 5) is 30.7. The van der Waals surface area contributed by atoms with Crippen molar-refractivity contribution >= 4 is 29.2 Å². The van der Waals surface area contributed by atoms with Crippen molar-refractivity contribution in [3.8, 4) is 5.75 Å². The number of hydrogen-bond donors (Lipinski definition) is 1. The van der Waals surface area contributed by atoms with Gasteiger partial charge in [-0.1, -0.05) is 29.8 Å². The lowest BCUT2D eigenvalue weighted by molar-refractivity contribution is -0.148. The second-order valence-corrected chi connectivity index (χ2v) is 6.01. The number of hydrogen-bond acceptors (Lipinski definition) is 4. The predicted molar refractivity (Wildman–Crippen MR) is 90.0 cm³/mol. The Labute approximate surface area is 144 Å². The number of carbonyl (C=O) groups is 2. The van der Waals surface area contributed by atoms with Crippen LogP contribution in [0.15, 0.2) is 42.6 Å². The zero-order valence-corrected chi connectivity index (χ0v) is 14.0. The molecule has 0 spiro atoms. The summed E-state index contributed by atoms with van der Waals surface area (Å²) in [6.07, 6.45) is 1.56. The highest BCUT2D eigenvalue weighted by Gasteiger charge is 2.50. The van der Waals surface area contributed by atoms with Crippen molar-refractivity contribution in [2.24, 2.45) is 0 Å². The number of halogens is 1. The van der Waals surface area contributed by atoms with Crippen molar-refractivity contribution in [3.05, 3.63) is 53.2 Å². The van der Waals surface area contributed by atoms with Crippen molar-refractivity contribution in [3.63, 3.8) is 0 Å². The van der Waals surface area contributed by atoms with Crippen molar-refractivity contribution in [1.82, 2.24) is 10.3 Å². The summed E-state index contributed by atoms with van der Waals surface area (Å²) in [5, 5.41) is 3.26. The number of aromatic nitrogens is 1. The van der Waals surface area contributed by atoms with Crippen molar-refractivity contribution in [2.45, 2.75) is 19.1 Å². The van der Waals surface area contributed by atoms with Gasteiger partial charge >= 0.3 is 0 Å². The molecule has 7 heteroatoms. The molecule has 0 saturated carbocycles. The first-order valence-electron chi connectivity index (χ1n) is 7.37. The van der Waals surface area contributed by atoms with Gasteiger partial charge in [0.25, 0.3) is 17.4 Å². The van der Waals surface area contributed by atoms with E-state index in [0.717, 1.165) is 5.56 Å². The number of carbonyl (C=O) groups excluding carboxylic acids is 2. The van der Waals surface area contributed by atoms with Gasteiger partial charge in [-0.3, -0.25) is 14.5 Å². The number of pyridine rings is 1. The fourth-order valence-corrected chi connectivity index (χ4v) is 2.73. The highest BCUT2D eigenvalue weighted by molar-refractivity contribution is 6.31. The minimum absolute atomic E-state index is 0.203. The Morgan fingerprint density at radius 2 is 2.08 bits per heavy atom. The maximum atomic E-state index is 12.6. The first-order chi connectivity index (χ1) is 11.4. The molecule has 0 aliphatic carbocycles. The molecule has 0 fully saturated rings. The van der Waals surface area contributed by atoms with Gasteiger partial charge in [0.15, 0.2) is 11.6 Å². The molecular formula is C17H16ClN3O3. The van der Waals surface area contributed by atoms with E-state index in [-0.39, 0.29) is 6.54 Å². The second kappa shape index (κ2) is 6.13. The largest absolute Gasteiger partial charge is 0.464 e. The van der Waals surface area contributed by atoms with Crippen LogP contribution >= 0.6 is 11.6 Å². The standard InChI is InChI=1S/C17H16ClN3O3/c1-17(15(22)20-10-11-6-3-4-7-12(11)18)16(23)21(2)14-13(24-17)8-5-9-19-14/h3-9H,10H2,1-2H3,(H,20,22)/t17-/m1/s1. The van der Waals surface area contributed by atoms with Crippen LogP contribution in [0.5, 0.6) is 5.75 Å². The molecule has 6 nitrogen and oxygen atoms in total. The molecule has 0 unspecified atom stereocenters. The van der Waals surface area contributed by atoms with E-state index in [1.807, 2.05) is 12.1 Å². The molecule has 2 aromatic rings. The van der Waals surface area contributed by atoms with Gasteiger partial charge in [0.2, 0.25) is 0 Å². The summed E-state index contributed by atoms with van der Waals surface area (Å²) in [6, 6.07) is 10.5. The third-order valence-electron chi connectivity index (χ3n) is 3.93. The van der Waals surface area contributed by atoms with Gasteiger partial charge < -0.3 is 10.1 Å². The fourth-order valence-electron chi connectivity index (χ4n) is 2.52. The minimum Gasteiger partial charge on any atom is -0.464 e. The number of anilines is 1. The molecule has 0 bridgehead atoms. The lowest BCUT2D eigenvalue weighted by atomic mass is 10.0. The molecule has 1 N–H and O–H groups in total. The van der Waals surface area contributed by atoms with E-state index in [1.54, 1.807) is 37.5 Å². The van der Waals surface area contributed by atoms with E-state index in [0.29, 0.717) is 16.6 Å². The number of likely N-dealkylation sites (N-methyl/N-ethyl adjacent to an activating group) is 1. The molecule has 0 radical (unpaired) electrons. The summed E-state index contributed by atoms with van der Waals surface area (Å²) >= 11 is 6.08. The van der Waals surface area contributed by atoms with Crippen LogP contribution in [-0.4, -0.2) is 29.4 Å². The van der Waals surface area contributed by atoms with Gasteiger partial charge in [-0.25, -0.2) is 4.98 Å².